The molecule has 0 aliphatic rings. The molecule has 0 fully saturated rings. The van der Waals surface area contributed by atoms with Crippen molar-refractivity contribution in [2.75, 3.05) is 7.11 Å². The molecule has 0 aliphatic heterocycles. The first-order chi connectivity index (χ1) is 6.91. The second-order valence-corrected chi connectivity index (χ2v) is 4.15. The van der Waals surface area contributed by atoms with Crippen LogP contribution in [0.4, 0.5) is 0 Å². The van der Waals surface area contributed by atoms with Crippen molar-refractivity contribution < 1.29 is 14.6 Å². The van der Waals surface area contributed by atoms with Crippen LogP contribution in [-0.4, -0.2) is 28.9 Å². The van der Waals surface area contributed by atoms with E-state index in [9.17, 15) is 9.90 Å². The maximum atomic E-state index is 11.3. The lowest BCUT2D eigenvalue weighted by atomic mass is 9.83. The summed E-state index contributed by atoms with van der Waals surface area (Å²) in [7, 11) is 3.15. The summed E-state index contributed by atoms with van der Waals surface area (Å²) in [6, 6.07) is 3.76. The topological polar surface area (TPSA) is 51.5 Å². The van der Waals surface area contributed by atoms with Crippen molar-refractivity contribution in [2.45, 2.75) is 25.4 Å². The largest absolute Gasteiger partial charge is 0.467 e. The molecule has 0 aromatic carbocycles. The molecule has 0 spiro atoms. The van der Waals surface area contributed by atoms with Gasteiger partial charge < -0.3 is 14.4 Å². The third-order valence-electron chi connectivity index (χ3n) is 2.71. The van der Waals surface area contributed by atoms with E-state index in [0.29, 0.717) is 0 Å². The van der Waals surface area contributed by atoms with Crippen LogP contribution in [0.3, 0.4) is 0 Å². The normalized spacial score (nSPS) is 13.7. The van der Waals surface area contributed by atoms with E-state index in [1.165, 1.54) is 7.11 Å². The first-order valence-electron chi connectivity index (χ1n) is 4.79. The molecule has 15 heavy (non-hydrogen) atoms. The number of aliphatic hydroxyl groups is 1. The zero-order valence-corrected chi connectivity index (χ0v) is 9.52. The minimum absolute atomic E-state index is 0.610. The van der Waals surface area contributed by atoms with Gasteiger partial charge in [-0.25, -0.2) is 4.79 Å². The molecule has 1 aromatic heterocycles. The summed E-state index contributed by atoms with van der Waals surface area (Å²) in [5, 5.41) is 9.85. The van der Waals surface area contributed by atoms with Crippen LogP contribution in [0.1, 0.15) is 19.5 Å². The number of carbonyl (C=O) groups excluding carboxylic acids is 1. The maximum Gasteiger partial charge on any atom is 0.335 e. The molecule has 1 atom stereocenters. The Morgan fingerprint density at radius 1 is 1.60 bits per heavy atom. The first kappa shape index (κ1) is 11.8. The van der Waals surface area contributed by atoms with Gasteiger partial charge in [-0.05, 0) is 12.1 Å². The van der Waals surface area contributed by atoms with Crippen LogP contribution >= 0.6 is 0 Å². The van der Waals surface area contributed by atoms with Crippen LogP contribution < -0.4 is 0 Å². The van der Waals surface area contributed by atoms with Gasteiger partial charge in [0.15, 0.2) is 6.10 Å². The van der Waals surface area contributed by atoms with E-state index < -0.39 is 17.5 Å². The van der Waals surface area contributed by atoms with E-state index in [4.69, 9.17) is 0 Å². The molecular weight excluding hydrogens is 194 g/mol. The van der Waals surface area contributed by atoms with Gasteiger partial charge in [-0.1, -0.05) is 13.8 Å². The summed E-state index contributed by atoms with van der Waals surface area (Å²) >= 11 is 0. The number of aromatic nitrogens is 1. The third kappa shape index (κ3) is 2.04. The van der Waals surface area contributed by atoms with Crippen molar-refractivity contribution >= 4 is 5.97 Å². The number of aryl methyl sites for hydroxylation is 1. The molecule has 0 amide bonds. The number of carbonyl (C=O) groups is 1. The fourth-order valence-electron chi connectivity index (χ4n) is 1.68. The van der Waals surface area contributed by atoms with Gasteiger partial charge in [-0.15, -0.1) is 0 Å². The Bertz CT molecular complexity index is 354. The van der Waals surface area contributed by atoms with Crippen molar-refractivity contribution in [3.05, 3.63) is 24.0 Å². The molecule has 1 aromatic rings. The molecule has 4 nitrogen and oxygen atoms in total. The summed E-state index contributed by atoms with van der Waals surface area (Å²) in [4.78, 5) is 11.3. The monoisotopic (exact) mass is 211 g/mol. The molecule has 0 saturated carbocycles. The highest BCUT2D eigenvalue weighted by Gasteiger charge is 2.37. The van der Waals surface area contributed by atoms with E-state index in [1.54, 1.807) is 0 Å². The Balaban J connectivity index is 3.02. The predicted molar refractivity (Wildman–Crippen MR) is 56.5 cm³/mol. The average molecular weight is 211 g/mol. The number of nitrogens with zero attached hydrogens (tertiary/aromatic N) is 1. The third-order valence-corrected chi connectivity index (χ3v) is 2.71. The number of aliphatic hydroxyl groups excluding tert-OH is 1. The summed E-state index contributed by atoms with van der Waals surface area (Å²) in [6.45, 7) is 3.62. The van der Waals surface area contributed by atoms with Crippen molar-refractivity contribution in [3.8, 4) is 0 Å². The van der Waals surface area contributed by atoms with Crippen molar-refractivity contribution in [3.63, 3.8) is 0 Å². The Kier molecular flexibility index (Phi) is 3.19. The smallest absolute Gasteiger partial charge is 0.335 e. The van der Waals surface area contributed by atoms with Gasteiger partial charge in [0.2, 0.25) is 0 Å². The van der Waals surface area contributed by atoms with Crippen molar-refractivity contribution in [1.29, 1.82) is 0 Å². The highest BCUT2D eigenvalue weighted by atomic mass is 16.5. The lowest BCUT2D eigenvalue weighted by Crippen LogP contribution is -2.41. The Morgan fingerprint density at radius 3 is 2.60 bits per heavy atom. The van der Waals surface area contributed by atoms with Gasteiger partial charge in [0.25, 0.3) is 0 Å². The SMILES string of the molecule is COC(=O)C(O)C(C)(C)c1cccn1C. The van der Waals surface area contributed by atoms with E-state index in [0.717, 1.165) is 5.69 Å². The zero-order valence-electron chi connectivity index (χ0n) is 9.52. The van der Waals surface area contributed by atoms with Gasteiger partial charge in [0, 0.05) is 24.4 Å². The number of esters is 1. The average Bonchev–Trinajstić information content (AvgIpc) is 2.62. The molecule has 1 N–H and O–H groups in total. The van der Waals surface area contributed by atoms with E-state index in [-0.39, 0.29) is 0 Å². The molecule has 0 saturated heterocycles. The van der Waals surface area contributed by atoms with Crippen LogP contribution in [0, 0.1) is 0 Å². The Hall–Kier alpha value is -1.29. The van der Waals surface area contributed by atoms with Crippen molar-refractivity contribution in [1.82, 2.24) is 4.57 Å². The fourth-order valence-corrected chi connectivity index (χ4v) is 1.68. The molecule has 1 heterocycles. The summed E-state index contributed by atoms with van der Waals surface area (Å²) in [6.07, 6.45) is 0.720. The predicted octanol–water partition coefficient (Wildman–Crippen LogP) is 0.837. The quantitative estimate of drug-likeness (QED) is 0.754. The zero-order chi connectivity index (χ0) is 11.6. The first-order valence-corrected chi connectivity index (χ1v) is 4.79. The summed E-state index contributed by atoms with van der Waals surface area (Å²) in [5.41, 5.74) is 0.228. The lowest BCUT2D eigenvalue weighted by Gasteiger charge is -2.29. The maximum absolute atomic E-state index is 11.3. The summed E-state index contributed by atoms with van der Waals surface area (Å²) < 4.78 is 6.42. The van der Waals surface area contributed by atoms with Gasteiger partial charge >= 0.3 is 5.97 Å². The second kappa shape index (κ2) is 4.06. The number of methoxy groups -OCH3 is 1. The van der Waals surface area contributed by atoms with Crippen LogP contribution in [0.25, 0.3) is 0 Å². The number of ether oxygens (including phenoxy) is 1. The molecule has 0 radical (unpaired) electrons. The minimum Gasteiger partial charge on any atom is -0.467 e. The van der Waals surface area contributed by atoms with Crippen molar-refractivity contribution in [2.24, 2.45) is 7.05 Å². The molecular formula is C11H17NO3. The fraction of sp³-hybridized carbons (Fsp3) is 0.545. The van der Waals surface area contributed by atoms with E-state index in [2.05, 4.69) is 4.74 Å². The van der Waals surface area contributed by atoms with Crippen LogP contribution in [0.2, 0.25) is 0 Å². The van der Waals surface area contributed by atoms with E-state index >= 15 is 0 Å². The Labute approximate surface area is 89.5 Å². The number of hydrogen-bond donors (Lipinski definition) is 1. The molecule has 1 unspecified atom stereocenters. The molecule has 0 bridgehead atoms. The number of hydrogen-bond acceptors (Lipinski definition) is 3. The highest BCUT2D eigenvalue weighted by Crippen LogP contribution is 2.27. The van der Waals surface area contributed by atoms with Gasteiger partial charge in [-0.3, -0.25) is 0 Å². The van der Waals surface area contributed by atoms with Crippen LogP contribution in [0.5, 0.6) is 0 Å². The molecule has 84 valence electrons. The van der Waals surface area contributed by atoms with Crippen LogP contribution in [0.15, 0.2) is 18.3 Å². The highest BCUT2D eigenvalue weighted by molar-refractivity contribution is 5.76. The summed E-state index contributed by atoms with van der Waals surface area (Å²) in [5.74, 6) is -0.610. The second-order valence-electron chi connectivity index (χ2n) is 4.15. The van der Waals surface area contributed by atoms with E-state index in [1.807, 2.05) is 43.8 Å². The minimum atomic E-state index is -1.16. The lowest BCUT2D eigenvalue weighted by molar-refractivity contribution is -0.154. The standard InChI is InChI=1S/C11H17NO3/c1-11(2,9(13)10(14)15-4)8-6-5-7-12(8)3/h5-7,9,13H,1-4H3. The Morgan fingerprint density at radius 2 is 2.20 bits per heavy atom. The molecule has 4 heteroatoms. The van der Waals surface area contributed by atoms with Gasteiger partial charge in [-0.2, -0.15) is 0 Å². The van der Waals surface area contributed by atoms with Gasteiger partial charge in [0.1, 0.15) is 0 Å². The van der Waals surface area contributed by atoms with Crippen LogP contribution in [-0.2, 0) is 22.0 Å². The van der Waals surface area contributed by atoms with Gasteiger partial charge in [0.05, 0.1) is 7.11 Å². The molecule has 1 rings (SSSR count). The molecule has 0 aliphatic carbocycles. The number of rotatable bonds is 3.